The summed E-state index contributed by atoms with van der Waals surface area (Å²) in [5.74, 6) is -2.41. The Bertz CT molecular complexity index is 549. The van der Waals surface area contributed by atoms with E-state index in [-0.39, 0.29) is 16.9 Å². The van der Waals surface area contributed by atoms with E-state index in [4.69, 9.17) is 5.11 Å². The van der Waals surface area contributed by atoms with Crippen LogP contribution < -0.4 is 0 Å². The smallest absolute Gasteiger partial charge is 0.336 e. The number of halogens is 1. The number of sulfone groups is 1. The lowest BCUT2D eigenvalue weighted by atomic mass is 10.1. The number of carbonyl (C=O) groups is 1. The lowest BCUT2D eigenvalue weighted by molar-refractivity contribution is 0.0695. The van der Waals surface area contributed by atoms with Gasteiger partial charge in [-0.3, -0.25) is 0 Å². The van der Waals surface area contributed by atoms with Gasteiger partial charge in [-0.05, 0) is 25.5 Å². The molecule has 1 aromatic carbocycles. The zero-order chi connectivity index (χ0) is 13.2. The first kappa shape index (κ1) is 13.6. The zero-order valence-corrected chi connectivity index (χ0v) is 10.3. The van der Waals surface area contributed by atoms with E-state index < -0.39 is 26.5 Å². The topological polar surface area (TPSA) is 71.4 Å². The third-order valence-corrected chi connectivity index (χ3v) is 4.32. The fourth-order valence-electron chi connectivity index (χ4n) is 1.51. The minimum atomic E-state index is -3.67. The van der Waals surface area contributed by atoms with Gasteiger partial charge in [0, 0.05) is 5.56 Å². The Morgan fingerprint density at radius 2 is 2.00 bits per heavy atom. The van der Waals surface area contributed by atoms with Gasteiger partial charge in [-0.1, -0.05) is 6.92 Å². The summed E-state index contributed by atoms with van der Waals surface area (Å²) >= 11 is 0. The molecule has 0 aliphatic rings. The van der Waals surface area contributed by atoms with Crippen LogP contribution in [0.4, 0.5) is 4.39 Å². The summed E-state index contributed by atoms with van der Waals surface area (Å²) in [6.45, 7) is 2.93. The molecular weight excluding hydrogens is 247 g/mol. The highest BCUT2D eigenvalue weighted by molar-refractivity contribution is 7.91. The summed E-state index contributed by atoms with van der Waals surface area (Å²) in [6, 6.07) is 2.13. The van der Waals surface area contributed by atoms with E-state index in [1.165, 1.54) is 6.92 Å². The maximum atomic E-state index is 13.8. The Labute approximate surface area is 99.0 Å². The second kappa shape index (κ2) is 4.83. The second-order valence-corrected chi connectivity index (χ2v) is 5.75. The van der Waals surface area contributed by atoms with Crippen LogP contribution >= 0.6 is 0 Å². The molecular formula is C11H13FO4S. The van der Waals surface area contributed by atoms with Crippen molar-refractivity contribution in [3.63, 3.8) is 0 Å². The number of aromatic carboxylic acids is 1. The third-order valence-electron chi connectivity index (χ3n) is 2.39. The molecule has 0 atom stereocenters. The van der Waals surface area contributed by atoms with E-state index in [0.717, 1.165) is 12.1 Å². The highest BCUT2D eigenvalue weighted by Crippen LogP contribution is 2.22. The van der Waals surface area contributed by atoms with Gasteiger partial charge >= 0.3 is 5.97 Å². The molecule has 1 aromatic rings. The second-order valence-electron chi connectivity index (χ2n) is 3.67. The molecule has 0 aliphatic heterocycles. The van der Waals surface area contributed by atoms with E-state index in [1.807, 2.05) is 0 Å². The Kier molecular flexibility index (Phi) is 3.87. The lowest BCUT2D eigenvalue weighted by Gasteiger charge is -2.08. The predicted molar refractivity (Wildman–Crippen MR) is 60.4 cm³/mol. The van der Waals surface area contributed by atoms with E-state index >= 15 is 0 Å². The molecule has 0 aliphatic carbocycles. The highest BCUT2D eigenvalue weighted by Gasteiger charge is 2.22. The van der Waals surface area contributed by atoms with Crippen LogP contribution in [-0.4, -0.2) is 25.2 Å². The quantitative estimate of drug-likeness (QED) is 0.899. The normalized spacial score (nSPS) is 11.5. The molecule has 94 valence electrons. The Morgan fingerprint density at radius 1 is 1.41 bits per heavy atom. The van der Waals surface area contributed by atoms with Crippen molar-refractivity contribution in [2.45, 2.75) is 25.2 Å². The van der Waals surface area contributed by atoms with Gasteiger partial charge in [0.15, 0.2) is 9.84 Å². The van der Waals surface area contributed by atoms with Crippen LogP contribution in [0.5, 0.6) is 0 Å². The van der Waals surface area contributed by atoms with Gasteiger partial charge < -0.3 is 5.11 Å². The van der Waals surface area contributed by atoms with Crippen molar-refractivity contribution < 1.29 is 22.7 Å². The van der Waals surface area contributed by atoms with Gasteiger partial charge in [-0.25, -0.2) is 17.6 Å². The maximum Gasteiger partial charge on any atom is 0.336 e. The average Bonchev–Trinajstić information content (AvgIpc) is 2.20. The minimum absolute atomic E-state index is 0.157. The molecule has 1 rings (SSSR count). The van der Waals surface area contributed by atoms with E-state index in [1.54, 1.807) is 6.92 Å². The summed E-state index contributed by atoms with van der Waals surface area (Å²) in [7, 11) is -3.67. The summed E-state index contributed by atoms with van der Waals surface area (Å²) in [6.07, 6.45) is 0.376. The molecule has 0 heterocycles. The van der Waals surface area contributed by atoms with Gasteiger partial charge in [-0.2, -0.15) is 0 Å². The van der Waals surface area contributed by atoms with Gasteiger partial charge in [0.2, 0.25) is 0 Å². The van der Waals surface area contributed by atoms with Crippen molar-refractivity contribution in [1.82, 2.24) is 0 Å². The van der Waals surface area contributed by atoms with Crippen LogP contribution in [0.3, 0.4) is 0 Å². The van der Waals surface area contributed by atoms with Crippen molar-refractivity contribution in [2.24, 2.45) is 0 Å². The van der Waals surface area contributed by atoms with Crippen LogP contribution in [0.25, 0.3) is 0 Å². The first-order chi connectivity index (χ1) is 7.81. The van der Waals surface area contributed by atoms with Crippen molar-refractivity contribution in [2.75, 3.05) is 5.75 Å². The molecule has 0 amide bonds. The molecule has 0 aromatic heterocycles. The number of rotatable bonds is 4. The molecule has 0 unspecified atom stereocenters. The summed E-state index contributed by atoms with van der Waals surface area (Å²) in [4.78, 5) is 10.3. The molecule has 0 saturated carbocycles. The van der Waals surface area contributed by atoms with Gasteiger partial charge in [-0.15, -0.1) is 0 Å². The number of hydrogen-bond acceptors (Lipinski definition) is 3. The van der Waals surface area contributed by atoms with Crippen LogP contribution in [0.1, 0.15) is 29.3 Å². The fourth-order valence-corrected chi connectivity index (χ4v) is 2.97. The average molecular weight is 260 g/mol. The van der Waals surface area contributed by atoms with E-state index in [0.29, 0.717) is 6.42 Å². The number of carboxylic acids is 1. The van der Waals surface area contributed by atoms with Crippen LogP contribution in [0.15, 0.2) is 17.0 Å². The number of hydrogen-bond donors (Lipinski definition) is 1. The van der Waals surface area contributed by atoms with E-state index in [9.17, 15) is 17.6 Å². The summed E-state index contributed by atoms with van der Waals surface area (Å²) in [5.41, 5.74) is -0.382. The molecule has 0 saturated heterocycles. The molecule has 0 radical (unpaired) electrons. The maximum absolute atomic E-state index is 13.8. The van der Waals surface area contributed by atoms with Crippen molar-refractivity contribution in [1.29, 1.82) is 0 Å². The monoisotopic (exact) mass is 260 g/mol. The first-order valence-corrected chi connectivity index (χ1v) is 6.71. The summed E-state index contributed by atoms with van der Waals surface area (Å²) in [5, 5.41) is 8.77. The van der Waals surface area contributed by atoms with Gasteiger partial charge in [0.1, 0.15) is 10.7 Å². The molecule has 0 bridgehead atoms. The number of benzene rings is 1. The standard InChI is InChI=1S/C11H13FO4S/c1-3-6-17(15,16)9-5-4-8(11(13)14)7(2)10(9)12/h4-5H,3,6H2,1-2H3,(H,13,14). The molecule has 6 heteroatoms. The molecule has 4 nitrogen and oxygen atoms in total. The van der Waals surface area contributed by atoms with Gasteiger partial charge in [0.05, 0.1) is 11.3 Å². The Morgan fingerprint density at radius 3 is 2.47 bits per heavy atom. The van der Waals surface area contributed by atoms with Crippen LogP contribution in [0, 0.1) is 12.7 Å². The van der Waals surface area contributed by atoms with Crippen molar-refractivity contribution in [3.05, 3.63) is 29.1 Å². The fraction of sp³-hybridized carbons (Fsp3) is 0.364. The first-order valence-electron chi connectivity index (χ1n) is 5.06. The predicted octanol–water partition coefficient (Wildman–Crippen LogP) is 2.02. The largest absolute Gasteiger partial charge is 0.478 e. The van der Waals surface area contributed by atoms with Crippen LogP contribution in [0.2, 0.25) is 0 Å². The highest BCUT2D eigenvalue weighted by atomic mass is 32.2. The van der Waals surface area contributed by atoms with Gasteiger partial charge in [0.25, 0.3) is 0 Å². The van der Waals surface area contributed by atoms with E-state index in [2.05, 4.69) is 0 Å². The number of carboxylic acid groups (broad SMARTS) is 1. The third kappa shape index (κ3) is 2.63. The Balaban J connectivity index is 3.41. The lowest BCUT2D eigenvalue weighted by Crippen LogP contribution is -2.11. The molecule has 0 spiro atoms. The molecule has 1 N–H and O–H groups in total. The zero-order valence-electron chi connectivity index (χ0n) is 9.53. The molecule has 17 heavy (non-hydrogen) atoms. The Hall–Kier alpha value is -1.43. The SMILES string of the molecule is CCCS(=O)(=O)c1ccc(C(=O)O)c(C)c1F. The summed E-state index contributed by atoms with van der Waals surface area (Å²) < 4.78 is 37.2. The molecule has 0 fully saturated rings. The minimum Gasteiger partial charge on any atom is -0.478 e. The van der Waals surface area contributed by atoms with Crippen LogP contribution in [-0.2, 0) is 9.84 Å². The van der Waals surface area contributed by atoms with Crippen molar-refractivity contribution in [3.8, 4) is 0 Å². The van der Waals surface area contributed by atoms with Crippen molar-refractivity contribution >= 4 is 15.8 Å².